The molecule has 1 aliphatic rings. The number of nitrogens with zero attached hydrogens (tertiary/aromatic N) is 1. The number of sulfone groups is 1. The van der Waals surface area contributed by atoms with Gasteiger partial charge < -0.3 is 15.4 Å². The van der Waals surface area contributed by atoms with Crippen molar-refractivity contribution in [3.05, 3.63) is 4.88 Å². The highest BCUT2D eigenvalue weighted by Crippen LogP contribution is 2.43. The Kier molecular flexibility index (Phi) is 4.48. The molecule has 2 N–H and O–H groups in total. The van der Waals surface area contributed by atoms with Gasteiger partial charge in [0, 0.05) is 13.1 Å². The minimum absolute atomic E-state index is 0.0169. The van der Waals surface area contributed by atoms with Gasteiger partial charge >= 0.3 is 5.97 Å². The van der Waals surface area contributed by atoms with Gasteiger partial charge in [-0.3, -0.25) is 0 Å². The number of anilines is 2. The molecular formula is C13H20N2O4S2. The van der Waals surface area contributed by atoms with Crippen LogP contribution < -0.4 is 10.6 Å². The van der Waals surface area contributed by atoms with E-state index in [2.05, 4.69) is 6.92 Å². The number of nitrogens with two attached hydrogens (primary N) is 1. The fourth-order valence-electron chi connectivity index (χ4n) is 2.43. The van der Waals surface area contributed by atoms with Gasteiger partial charge in [-0.1, -0.05) is 13.8 Å². The van der Waals surface area contributed by atoms with Crippen LogP contribution in [-0.4, -0.2) is 40.3 Å². The molecule has 0 aliphatic carbocycles. The first-order valence-corrected chi connectivity index (χ1v) is 9.27. The lowest BCUT2D eigenvalue weighted by Crippen LogP contribution is -2.20. The molecule has 1 unspecified atom stereocenters. The minimum atomic E-state index is -3.50. The van der Waals surface area contributed by atoms with Gasteiger partial charge in [0.2, 0.25) is 0 Å². The molecule has 1 aromatic rings. The third kappa shape index (κ3) is 2.87. The summed E-state index contributed by atoms with van der Waals surface area (Å²) in [4.78, 5) is 14.0. The maximum Gasteiger partial charge on any atom is 0.350 e. The van der Waals surface area contributed by atoms with E-state index in [0.717, 1.165) is 30.8 Å². The quantitative estimate of drug-likeness (QED) is 0.845. The predicted octanol–water partition coefficient (Wildman–Crippen LogP) is 1.76. The van der Waals surface area contributed by atoms with Crippen molar-refractivity contribution in [3.63, 3.8) is 0 Å². The number of esters is 1. The summed E-state index contributed by atoms with van der Waals surface area (Å²) in [6, 6.07) is 0. The number of hydrogen-bond acceptors (Lipinski definition) is 7. The smallest absolute Gasteiger partial charge is 0.350 e. The average Bonchev–Trinajstić information content (AvgIpc) is 3.01. The summed E-state index contributed by atoms with van der Waals surface area (Å²) in [7, 11) is -2.24. The maximum atomic E-state index is 12.4. The Morgan fingerprint density at radius 3 is 2.67 bits per heavy atom. The van der Waals surface area contributed by atoms with E-state index >= 15 is 0 Å². The lowest BCUT2D eigenvalue weighted by Gasteiger charge is -2.18. The van der Waals surface area contributed by atoms with E-state index in [4.69, 9.17) is 10.5 Å². The first-order valence-electron chi connectivity index (χ1n) is 6.80. The normalized spacial score (nSPS) is 19.0. The standard InChI is InChI=1S/C13H20N2O4S2/c1-4-21(17,18)11-9(14)10(13(16)19-3)20-12(11)15-6-5-8(2)7-15/h8H,4-7,14H2,1-3H3. The van der Waals surface area contributed by atoms with Gasteiger partial charge in [-0.2, -0.15) is 0 Å². The van der Waals surface area contributed by atoms with Crippen molar-refractivity contribution < 1.29 is 17.9 Å². The number of ether oxygens (including phenoxy) is 1. The van der Waals surface area contributed by atoms with Gasteiger partial charge in [0.1, 0.15) is 14.8 Å². The van der Waals surface area contributed by atoms with Crippen molar-refractivity contribution in [2.75, 3.05) is 36.6 Å². The number of methoxy groups -OCH3 is 1. The van der Waals surface area contributed by atoms with E-state index in [0.29, 0.717) is 10.9 Å². The van der Waals surface area contributed by atoms with Crippen LogP contribution in [0.15, 0.2) is 4.90 Å². The molecule has 1 aromatic heterocycles. The van der Waals surface area contributed by atoms with E-state index < -0.39 is 15.8 Å². The molecule has 1 aliphatic heterocycles. The molecule has 118 valence electrons. The Morgan fingerprint density at radius 2 is 2.19 bits per heavy atom. The highest BCUT2D eigenvalue weighted by molar-refractivity contribution is 7.92. The molecule has 0 saturated carbocycles. The van der Waals surface area contributed by atoms with E-state index in [1.54, 1.807) is 6.92 Å². The Hall–Kier alpha value is -1.28. The van der Waals surface area contributed by atoms with Crippen LogP contribution >= 0.6 is 11.3 Å². The molecule has 2 heterocycles. The van der Waals surface area contributed by atoms with Crippen LogP contribution in [0, 0.1) is 5.92 Å². The topological polar surface area (TPSA) is 89.7 Å². The first kappa shape index (κ1) is 16.1. The molecule has 0 aromatic carbocycles. The Morgan fingerprint density at radius 1 is 1.52 bits per heavy atom. The van der Waals surface area contributed by atoms with Gasteiger partial charge in [-0.25, -0.2) is 13.2 Å². The van der Waals surface area contributed by atoms with Crippen LogP contribution in [0.3, 0.4) is 0 Å². The average molecular weight is 332 g/mol. The maximum absolute atomic E-state index is 12.4. The number of nitrogen functional groups attached to an aromatic ring is 1. The van der Waals surface area contributed by atoms with Crippen molar-refractivity contribution in [1.29, 1.82) is 0 Å². The zero-order valence-corrected chi connectivity index (χ0v) is 14.0. The van der Waals surface area contributed by atoms with E-state index in [1.807, 2.05) is 4.90 Å². The summed E-state index contributed by atoms with van der Waals surface area (Å²) in [5, 5.41) is 0.569. The van der Waals surface area contributed by atoms with Gasteiger partial charge in [0.25, 0.3) is 0 Å². The zero-order valence-electron chi connectivity index (χ0n) is 12.4. The van der Waals surface area contributed by atoms with Crippen LogP contribution in [0.5, 0.6) is 0 Å². The summed E-state index contributed by atoms with van der Waals surface area (Å²) in [6.07, 6.45) is 0.997. The molecule has 2 rings (SSSR count). The van der Waals surface area contributed by atoms with Crippen molar-refractivity contribution in [2.24, 2.45) is 5.92 Å². The van der Waals surface area contributed by atoms with Crippen LogP contribution in [-0.2, 0) is 14.6 Å². The molecule has 0 radical (unpaired) electrons. The minimum Gasteiger partial charge on any atom is -0.465 e. The highest BCUT2D eigenvalue weighted by Gasteiger charge is 2.33. The second-order valence-electron chi connectivity index (χ2n) is 5.21. The third-order valence-corrected chi connectivity index (χ3v) is 6.83. The van der Waals surface area contributed by atoms with E-state index in [1.165, 1.54) is 7.11 Å². The summed E-state index contributed by atoms with van der Waals surface area (Å²) >= 11 is 1.11. The zero-order chi connectivity index (χ0) is 15.8. The molecule has 1 atom stereocenters. The largest absolute Gasteiger partial charge is 0.465 e. The fraction of sp³-hybridized carbons (Fsp3) is 0.615. The monoisotopic (exact) mass is 332 g/mol. The van der Waals surface area contributed by atoms with E-state index in [9.17, 15) is 13.2 Å². The second-order valence-corrected chi connectivity index (χ2v) is 8.43. The lowest BCUT2D eigenvalue weighted by atomic mass is 10.2. The molecule has 21 heavy (non-hydrogen) atoms. The summed E-state index contributed by atoms with van der Waals surface area (Å²) in [5.41, 5.74) is 5.97. The van der Waals surface area contributed by atoms with Crippen LogP contribution in [0.4, 0.5) is 10.7 Å². The molecule has 6 nitrogen and oxygen atoms in total. The molecular weight excluding hydrogens is 312 g/mol. The second kappa shape index (κ2) is 5.84. The number of carbonyl (C=O) groups excluding carboxylic acids is 1. The Balaban J connectivity index is 2.60. The van der Waals surface area contributed by atoms with Crippen molar-refractivity contribution in [1.82, 2.24) is 0 Å². The summed E-state index contributed by atoms with van der Waals surface area (Å²) in [5.74, 6) is -0.152. The predicted molar refractivity (Wildman–Crippen MR) is 83.8 cm³/mol. The molecule has 8 heteroatoms. The molecule has 1 fully saturated rings. The Labute approximate surface area is 128 Å². The summed E-state index contributed by atoms with van der Waals surface area (Å²) in [6.45, 7) is 5.23. The van der Waals surface area contributed by atoms with Crippen molar-refractivity contribution >= 4 is 37.8 Å². The molecule has 0 bridgehead atoms. The van der Waals surface area contributed by atoms with Crippen LogP contribution in [0.1, 0.15) is 29.9 Å². The first-order chi connectivity index (χ1) is 9.81. The molecule has 0 amide bonds. The third-order valence-electron chi connectivity index (χ3n) is 3.66. The SMILES string of the molecule is CCS(=O)(=O)c1c(N2CCC(C)C2)sc(C(=O)OC)c1N. The highest BCUT2D eigenvalue weighted by atomic mass is 32.2. The number of thiophene rings is 1. The van der Waals surface area contributed by atoms with Crippen LogP contribution in [0.25, 0.3) is 0 Å². The molecule has 1 saturated heterocycles. The van der Waals surface area contributed by atoms with E-state index in [-0.39, 0.29) is 21.2 Å². The Bertz CT molecular complexity index is 651. The number of carbonyl (C=O) groups is 1. The lowest BCUT2D eigenvalue weighted by molar-refractivity contribution is 0.0607. The molecule has 0 spiro atoms. The number of hydrogen-bond donors (Lipinski definition) is 1. The van der Waals surface area contributed by atoms with Crippen LogP contribution in [0.2, 0.25) is 0 Å². The summed E-state index contributed by atoms with van der Waals surface area (Å²) < 4.78 is 29.4. The number of rotatable bonds is 4. The van der Waals surface area contributed by atoms with Crippen molar-refractivity contribution in [2.45, 2.75) is 25.2 Å². The van der Waals surface area contributed by atoms with Gasteiger partial charge in [0.05, 0.1) is 18.6 Å². The van der Waals surface area contributed by atoms with Crippen molar-refractivity contribution in [3.8, 4) is 0 Å². The van der Waals surface area contributed by atoms with Gasteiger partial charge in [-0.15, -0.1) is 11.3 Å². The van der Waals surface area contributed by atoms with Gasteiger partial charge in [0.15, 0.2) is 9.84 Å². The fourth-order valence-corrected chi connectivity index (χ4v) is 5.19. The van der Waals surface area contributed by atoms with Gasteiger partial charge in [-0.05, 0) is 12.3 Å².